The standard InChI is InChI=1S/C48H45ClF10N9O14PS2/c1-45(2,84(3,77)78)11-9-26-5-6-28(38(60-26)33(15-23-13-24(50)16-25(51)14-23)61-34(69)19-66-41-36(40(62-66)48(57,58)59)30-17-31(30)47(41,55)56)29-7-8-32(49)37-39(29)67(21-46(52,53)54)63-42(37)68(85(4,79)80)43(72)65-12-10-27(65)18-64(20-35(70)71)44(73)81-22-82-83(74,75)76/h5-8,13-14,16,27,30-31,33H,10,12,15,17-22H2,1-4H3,(H,61,69)(H,70,71)(H2,74,75,76)/t27-,30+,31-,33+/m1/s1. The third-order valence-corrected chi connectivity index (χ3v) is 17.5. The van der Waals surface area contributed by atoms with Crippen LogP contribution in [0.5, 0.6) is 0 Å². The van der Waals surface area contributed by atoms with Crippen molar-refractivity contribution in [1.29, 1.82) is 0 Å². The van der Waals surface area contributed by atoms with Crippen LogP contribution in [0.25, 0.3) is 22.0 Å². The van der Waals surface area contributed by atoms with Crippen molar-refractivity contribution in [3.05, 3.63) is 93.0 Å². The topological polar surface area (TPSA) is 303 Å². The lowest BCUT2D eigenvalue weighted by atomic mass is 9.93. The number of halogens is 11. The SMILES string of the molecule is CC(C)(C#Cc1ccc(-c2ccc(Cl)c3c(N(C(=O)N4CC[C@@H]4CN(CC(=O)O)C(=O)OCOP(=O)(O)O)S(C)(=O)=O)nn(CC(F)(F)F)c23)c([C@H](Cc2cc(F)cc(F)c2)NC(=O)Cn2nc(C(F)(F)F)c3c2C(F)(F)[C@@H]2C[C@H]32)n1)S(C)(=O)=O. The van der Waals surface area contributed by atoms with E-state index < -0.39 is 205 Å². The first-order valence-corrected chi connectivity index (χ1v) is 30.2. The number of anilines is 1. The fraction of sp³-hybridized carbons (Fsp3) is 0.438. The molecular formula is C48H45ClF10N9O14PS2. The summed E-state index contributed by atoms with van der Waals surface area (Å²) in [5.74, 6) is -8.25. The fourth-order valence-electron chi connectivity index (χ4n) is 9.65. The van der Waals surface area contributed by atoms with E-state index in [1.54, 1.807) is 0 Å². The number of likely N-dealkylation sites (tertiary alicyclic amines) is 1. The van der Waals surface area contributed by atoms with Crippen molar-refractivity contribution in [2.24, 2.45) is 5.92 Å². The Kier molecular flexibility index (Phi) is 17.0. The van der Waals surface area contributed by atoms with Gasteiger partial charge in [-0.2, -0.15) is 49.6 Å². The van der Waals surface area contributed by atoms with Crippen molar-refractivity contribution < 1.29 is 109 Å². The molecule has 1 saturated heterocycles. The molecule has 4 heterocycles. The van der Waals surface area contributed by atoms with Crippen LogP contribution in [-0.4, -0.2) is 146 Å². The van der Waals surface area contributed by atoms with E-state index in [1.165, 1.54) is 13.8 Å². The van der Waals surface area contributed by atoms with Gasteiger partial charge in [0.15, 0.2) is 21.3 Å². The predicted molar refractivity (Wildman–Crippen MR) is 274 cm³/mol. The van der Waals surface area contributed by atoms with Crippen LogP contribution in [0.1, 0.15) is 72.6 Å². The van der Waals surface area contributed by atoms with Crippen molar-refractivity contribution in [1.82, 2.24) is 39.7 Å². The summed E-state index contributed by atoms with van der Waals surface area (Å²) in [5, 5.41) is 17.9. The van der Waals surface area contributed by atoms with Gasteiger partial charge in [-0.15, -0.1) is 0 Å². The average Bonchev–Trinajstić information content (AvgIpc) is 1.54. The van der Waals surface area contributed by atoms with Gasteiger partial charge < -0.3 is 29.8 Å². The number of sulfone groups is 1. The molecule has 37 heteroatoms. The second-order valence-electron chi connectivity index (χ2n) is 20.4. The van der Waals surface area contributed by atoms with E-state index in [0.717, 1.165) is 47.6 Å². The number of nitrogens with zero attached hydrogens (tertiary/aromatic N) is 8. The first-order valence-electron chi connectivity index (χ1n) is 24.5. The number of amides is 4. The Morgan fingerprint density at radius 2 is 1.61 bits per heavy atom. The Morgan fingerprint density at radius 1 is 0.965 bits per heavy atom. The maximum absolute atomic E-state index is 15.7. The van der Waals surface area contributed by atoms with Crippen LogP contribution >= 0.6 is 19.4 Å². The van der Waals surface area contributed by atoms with E-state index in [1.807, 2.05) is 0 Å². The van der Waals surface area contributed by atoms with Crippen LogP contribution < -0.4 is 9.62 Å². The number of carbonyl (C=O) groups excluding carboxylic acids is 3. The van der Waals surface area contributed by atoms with Gasteiger partial charge in [-0.1, -0.05) is 23.6 Å². The molecule has 4 amide bonds. The second-order valence-corrected chi connectivity index (χ2v) is 26.4. The quantitative estimate of drug-likeness (QED) is 0.0302. The molecule has 85 heavy (non-hydrogen) atoms. The number of aromatic nitrogens is 5. The summed E-state index contributed by atoms with van der Waals surface area (Å²) >= 11 is 6.72. The summed E-state index contributed by atoms with van der Waals surface area (Å²) in [5.41, 5.74) is -6.61. The number of pyridine rings is 1. The minimum atomic E-state index is -5.28. The minimum absolute atomic E-state index is 0.0656. The molecule has 23 nitrogen and oxygen atoms in total. The van der Waals surface area contributed by atoms with Crippen LogP contribution in [0, 0.1) is 29.4 Å². The molecule has 1 aliphatic heterocycles. The van der Waals surface area contributed by atoms with Crippen LogP contribution in [0.3, 0.4) is 0 Å². The molecule has 2 fully saturated rings. The first kappa shape index (κ1) is 63.9. The number of carboxylic acids is 1. The zero-order chi connectivity index (χ0) is 63.1. The summed E-state index contributed by atoms with van der Waals surface area (Å²) in [6, 6.07) is 1.36. The van der Waals surface area contributed by atoms with Crippen molar-refractivity contribution >= 4 is 80.0 Å². The van der Waals surface area contributed by atoms with E-state index in [4.69, 9.17) is 21.4 Å². The number of ether oxygens (including phenoxy) is 1. The van der Waals surface area contributed by atoms with E-state index in [9.17, 15) is 80.8 Å². The highest BCUT2D eigenvalue weighted by molar-refractivity contribution is 7.93. The number of hydrogen-bond donors (Lipinski definition) is 4. The van der Waals surface area contributed by atoms with Gasteiger partial charge in [0.05, 0.1) is 40.0 Å². The number of phosphoric ester groups is 1. The molecule has 8 rings (SSSR count). The lowest BCUT2D eigenvalue weighted by Gasteiger charge is -2.44. The number of carbonyl (C=O) groups is 4. The van der Waals surface area contributed by atoms with Crippen molar-refractivity contribution in [2.75, 3.05) is 43.2 Å². The molecule has 4 N–H and O–H groups in total. The molecule has 5 aromatic rings. The fourth-order valence-corrected chi connectivity index (χ4v) is 11.1. The molecule has 2 aliphatic carbocycles. The van der Waals surface area contributed by atoms with E-state index >= 15 is 8.78 Å². The van der Waals surface area contributed by atoms with Gasteiger partial charge in [-0.25, -0.2) is 49.3 Å². The zero-order valence-corrected chi connectivity index (χ0v) is 47.3. The van der Waals surface area contributed by atoms with Crippen molar-refractivity contribution in [2.45, 2.75) is 87.2 Å². The third-order valence-electron chi connectivity index (χ3n) is 13.8. The Labute approximate surface area is 479 Å². The van der Waals surface area contributed by atoms with Crippen molar-refractivity contribution in [3.63, 3.8) is 0 Å². The molecular weight excluding hydrogens is 1250 g/mol. The van der Waals surface area contributed by atoms with Gasteiger partial charge in [0, 0.05) is 48.0 Å². The average molecular weight is 1290 g/mol. The molecule has 0 unspecified atom stereocenters. The number of aliphatic carboxylic acids is 1. The monoisotopic (exact) mass is 1290 g/mol. The number of urea groups is 1. The number of benzene rings is 2. The highest BCUT2D eigenvalue weighted by Gasteiger charge is 2.68. The minimum Gasteiger partial charge on any atom is -0.480 e. The summed E-state index contributed by atoms with van der Waals surface area (Å²) in [4.78, 5) is 77.0. The normalized spacial score (nSPS) is 17.9. The van der Waals surface area contributed by atoms with Gasteiger partial charge in [-0.3, -0.25) is 23.9 Å². The Hall–Kier alpha value is -7.09. The third kappa shape index (κ3) is 13.8. The second kappa shape index (κ2) is 22.6. The molecule has 0 spiro atoms. The lowest BCUT2D eigenvalue weighted by Crippen LogP contribution is -2.61. The smallest absolute Gasteiger partial charge is 0.472 e. The van der Waals surface area contributed by atoms with Gasteiger partial charge in [-0.05, 0) is 80.8 Å². The van der Waals surface area contributed by atoms with E-state index in [0.29, 0.717) is 17.2 Å². The first-order chi connectivity index (χ1) is 39.1. The Morgan fingerprint density at radius 3 is 2.18 bits per heavy atom. The largest absolute Gasteiger partial charge is 0.480 e. The van der Waals surface area contributed by atoms with Gasteiger partial charge >= 0.3 is 38.3 Å². The van der Waals surface area contributed by atoms with E-state index in [-0.39, 0.29) is 44.3 Å². The Balaban J connectivity index is 1.30. The summed E-state index contributed by atoms with van der Waals surface area (Å²) in [7, 11) is -14.3. The molecule has 460 valence electrons. The summed E-state index contributed by atoms with van der Waals surface area (Å²) in [6.45, 7) is -4.78. The van der Waals surface area contributed by atoms with Gasteiger partial charge in [0.2, 0.25) is 22.7 Å². The predicted octanol–water partition coefficient (Wildman–Crippen LogP) is 6.84. The number of hydrogen-bond acceptors (Lipinski definition) is 14. The molecule has 4 atom stereocenters. The number of phosphoric acid groups is 1. The summed E-state index contributed by atoms with van der Waals surface area (Å²) < 4.78 is 220. The molecule has 2 aromatic carbocycles. The van der Waals surface area contributed by atoms with Crippen LogP contribution in [0.2, 0.25) is 5.02 Å². The molecule has 0 bridgehead atoms. The van der Waals surface area contributed by atoms with Crippen molar-refractivity contribution in [3.8, 4) is 23.0 Å². The Bertz CT molecular complexity index is 3900. The number of nitrogens with one attached hydrogen (secondary N) is 1. The highest BCUT2D eigenvalue weighted by atomic mass is 35.5. The molecule has 3 aromatic heterocycles. The van der Waals surface area contributed by atoms with Gasteiger partial charge in [0.1, 0.15) is 47.4 Å². The van der Waals surface area contributed by atoms with E-state index in [2.05, 4.69) is 41.6 Å². The number of rotatable bonds is 18. The maximum Gasteiger partial charge on any atom is 0.472 e. The lowest BCUT2D eigenvalue weighted by molar-refractivity contribution is -0.143. The number of fused-ring (bicyclic) bond motifs is 4. The number of carboxylic acid groups (broad SMARTS) is 1. The van der Waals surface area contributed by atoms with Crippen LogP contribution in [0.15, 0.2) is 42.5 Å². The van der Waals surface area contributed by atoms with Gasteiger partial charge in [0.25, 0.3) is 5.92 Å². The molecule has 3 aliphatic rings. The summed E-state index contributed by atoms with van der Waals surface area (Å²) in [6.07, 6.45) is -12.0. The molecule has 0 radical (unpaired) electrons. The highest BCUT2D eigenvalue weighted by Crippen LogP contribution is 2.68. The van der Waals surface area contributed by atoms with Crippen LogP contribution in [0.4, 0.5) is 59.3 Å². The number of sulfonamides is 1. The van der Waals surface area contributed by atoms with Crippen LogP contribution in [-0.2, 0) is 74.9 Å². The molecule has 1 saturated carbocycles. The zero-order valence-electron chi connectivity index (χ0n) is 44.0. The number of alkyl halides is 8. The maximum atomic E-state index is 15.7.